The van der Waals surface area contributed by atoms with E-state index in [-0.39, 0.29) is 24.3 Å². The molecule has 6 atom stereocenters. The summed E-state index contributed by atoms with van der Waals surface area (Å²) in [6, 6.07) is 12.7. The number of carbonyl (C=O) groups excluding carboxylic acids is 3. The third-order valence-corrected chi connectivity index (χ3v) is 10.3. The number of fused-ring (bicyclic) bond motifs is 1. The Hall–Kier alpha value is -3.24. The van der Waals surface area contributed by atoms with E-state index in [1.165, 1.54) is 4.90 Å². The molecule has 39 heavy (non-hydrogen) atoms. The van der Waals surface area contributed by atoms with E-state index in [0.717, 1.165) is 0 Å². The molecule has 0 aliphatic carbocycles. The lowest BCUT2D eigenvalue weighted by atomic mass is 9.66. The molecule has 3 heterocycles. The molecular formula is C29H35N3O6S. The molecule has 3 saturated heterocycles. The smallest absolute Gasteiger partial charge is 0.248 e. The van der Waals surface area contributed by atoms with Gasteiger partial charge in [-0.05, 0) is 82.1 Å². The molecule has 2 bridgehead atoms. The van der Waals surface area contributed by atoms with Crippen LogP contribution in [-0.4, -0.2) is 69.6 Å². The van der Waals surface area contributed by atoms with E-state index in [0.29, 0.717) is 42.3 Å². The van der Waals surface area contributed by atoms with Crippen LogP contribution >= 0.6 is 11.8 Å². The molecule has 0 radical (unpaired) electrons. The van der Waals surface area contributed by atoms with Crippen LogP contribution in [0.4, 0.5) is 11.4 Å². The Bertz CT molecular complexity index is 1250. The van der Waals surface area contributed by atoms with Crippen molar-refractivity contribution in [3.8, 4) is 11.5 Å². The lowest BCUT2D eigenvalue weighted by Gasteiger charge is -2.36. The van der Waals surface area contributed by atoms with Crippen LogP contribution in [0.25, 0.3) is 0 Å². The Kier molecular flexibility index (Phi) is 7.28. The van der Waals surface area contributed by atoms with Gasteiger partial charge >= 0.3 is 0 Å². The number of methoxy groups -OCH3 is 1. The molecule has 3 aliphatic heterocycles. The number of hydrogen-bond donors (Lipinski definition) is 3. The first-order chi connectivity index (χ1) is 18.7. The third-order valence-electron chi connectivity index (χ3n) is 8.27. The number of nitrogens with zero attached hydrogens (tertiary/aromatic N) is 1. The number of likely N-dealkylation sites (tertiary alicyclic amines) is 1. The number of thioether (sulfide) groups is 1. The zero-order valence-electron chi connectivity index (χ0n) is 22.6. The van der Waals surface area contributed by atoms with Crippen LogP contribution in [0.2, 0.25) is 0 Å². The van der Waals surface area contributed by atoms with Crippen molar-refractivity contribution in [3.63, 3.8) is 0 Å². The second kappa shape index (κ2) is 10.4. The van der Waals surface area contributed by atoms with Crippen LogP contribution in [0, 0.1) is 11.8 Å². The fourth-order valence-corrected chi connectivity index (χ4v) is 8.88. The van der Waals surface area contributed by atoms with Crippen LogP contribution < -0.4 is 20.1 Å². The van der Waals surface area contributed by atoms with E-state index in [4.69, 9.17) is 9.47 Å². The number of amides is 3. The SMILES string of the molecule is CCOc1ccc(NC(=O)[C@@H]2[C@H]3C(=O)N([C@H](C)CO)C(C(=O)Nc4ccc(OC)cc4)C34CC[C@@]2(C)S4)cc1. The molecule has 3 aliphatic rings. The maximum Gasteiger partial charge on any atom is 0.248 e. The fraction of sp³-hybridized carbons (Fsp3) is 0.483. The first-order valence-electron chi connectivity index (χ1n) is 13.3. The second-order valence-corrected chi connectivity index (χ2v) is 12.6. The Morgan fingerprint density at radius 2 is 1.64 bits per heavy atom. The zero-order chi connectivity index (χ0) is 27.9. The first-order valence-corrected chi connectivity index (χ1v) is 14.1. The Morgan fingerprint density at radius 1 is 1.05 bits per heavy atom. The van der Waals surface area contributed by atoms with Gasteiger partial charge in [0.2, 0.25) is 17.7 Å². The summed E-state index contributed by atoms with van der Waals surface area (Å²) in [5, 5.41) is 16.0. The van der Waals surface area contributed by atoms with Gasteiger partial charge in [-0.2, -0.15) is 0 Å². The highest BCUT2D eigenvalue weighted by Gasteiger charge is 2.77. The van der Waals surface area contributed by atoms with Crippen LogP contribution in [-0.2, 0) is 14.4 Å². The van der Waals surface area contributed by atoms with Gasteiger partial charge in [0.05, 0.1) is 42.9 Å². The normalized spacial score (nSPS) is 29.6. The van der Waals surface area contributed by atoms with Crippen molar-refractivity contribution in [3.05, 3.63) is 48.5 Å². The Balaban J connectivity index is 1.45. The van der Waals surface area contributed by atoms with Crippen molar-refractivity contribution in [1.29, 1.82) is 0 Å². The van der Waals surface area contributed by atoms with Crippen molar-refractivity contribution in [1.82, 2.24) is 4.90 Å². The van der Waals surface area contributed by atoms with Gasteiger partial charge in [0, 0.05) is 16.1 Å². The number of anilines is 2. The van der Waals surface area contributed by atoms with Gasteiger partial charge in [-0.25, -0.2) is 0 Å². The van der Waals surface area contributed by atoms with Crippen LogP contribution in [0.3, 0.4) is 0 Å². The van der Waals surface area contributed by atoms with Gasteiger partial charge in [0.1, 0.15) is 17.5 Å². The number of aliphatic hydroxyl groups is 1. The number of benzene rings is 2. The predicted octanol–water partition coefficient (Wildman–Crippen LogP) is 3.53. The Labute approximate surface area is 232 Å². The highest BCUT2D eigenvalue weighted by atomic mass is 32.2. The second-order valence-electron chi connectivity index (χ2n) is 10.7. The maximum absolute atomic E-state index is 14.1. The number of ether oxygens (including phenoxy) is 2. The lowest BCUT2D eigenvalue weighted by molar-refractivity contribution is -0.141. The molecule has 10 heteroatoms. The average molecular weight is 554 g/mol. The fourth-order valence-electron chi connectivity index (χ4n) is 6.53. The summed E-state index contributed by atoms with van der Waals surface area (Å²) in [6.07, 6.45) is 1.34. The first kappa shape index (κ1) is 27.3. The molecule has 1 spiro atoms. The van der Waals surface area contributed by atoms with Crippen molar-refractivity contribution in [2.45, 2.75) is 55.2 Å². The molecule has 0 aromatic heterocycles. The summed E-state index contributed by atoms with van der Waals surface area (Å²) in [6.45, 7) is 5.93. The van der Waals surface area contributed by atoms with E-state index in [2.05, 4.69) is 10.6 Å². The number of aliphatic hydroxyl groups excluding tert-OH is 1. The number of hydrogen-bond acceptors (Lipinski definition) is 7. The molecule has 0 saturated carbocycles. The standard InChI is InChI=1S/C29H35N3O6S/c1-5-38-21-12-8-18(9-13-21)30-25(34)22-23-27(36)32(17(2)16-33)24(29(23)15-14-28(22,3)39-29)26(35)31-19-6-10-20(37-4)11-7-19/h6-13,17,22-24,33H,5,14-16H2,1-4H3,(H,30,34)(H,31,35)/t17-,22+,23+,24?,28-,29?/m1/s1. The van der Waals surface area contributed by atoms with Gasteiger partial charge in [-0.3, -0.25) is 14.4 Å². The number of carbonyl (C=O) groups is 3. The monoisotopic (exact) mass is 553 g/mol. The number of nitrogens with one attached hydrogen (secondary N) is 2. The molecule has 3 N–H and O–H groups in total. The van der Waals surface area contributed by atoms with Gasteiger partial charge in [0.15, 0.2) is 0 Å². The van der Waals surface area contributed by atoms with Crippen LogP contribution in [0.15, 0.2) is 48.5 Å². The van der Waals surface area contributed by atoms with Gasteiger partial charge in [0.25, 0.3) is 0 Å². The Morgan fingerprint density at radius 3 is 2.21 bits per heavy atom. The van der Waals surface area contributed by atoms with Crippen molar-refractivity contribution in [2.75, 3.05) is 31.0 Å². The largest absolute Gasteiger partial charge is 0.497 e. The molecular weight excluding hydrogens is 518 g/mol. The molecule has 2 aromatic carbocycles. The molecule has 2 unspecified atom stereocenters. The van der Waals surface area contributed by atoms with E-state index in [1.807, 2.05) is 13.8 Å². The summed E-state index contributed by atoms with van der Waals surface area (Å²) in [5.41, 5.74) is 1.20. The summed E-state index contributed by atoms with van der Waals surface area (Å²) in [5.74, 6) is -0.733. The highest BCUT2D eigenvalue weighted by Crippen LogP contribution is 2.71. The van der Waals surface area contributed by atoms with Gasteiger partial charge in [-0.15, -0.1) is 11.8 Å². The molecule has 9 nitrogen and oxygen atoms in total. The average Bonchev–Trinajstić information content (AvgIpc) is 3.50. The van der Waals surface area contributed by atoms with E-state index >= 15 is 0 Å². The van der Waals surface area contributed by atoms with E-state index in [1.54, 1.807) is 74.3 Å². The summed E-state index contributed by atoms with van der Waals surface area (Å²) in [4.78, 5) is 43.2. The summed E-state index contributed by atoms with van der Waals surface area (Å²) < 4.78 is 9.44. The van der Waals surface area contributed by atoms with Crippen LogP contribution in [0.1, 0.15) is 33.6 Å². The summed E-state index contributed by atoms with van der Waals surface area (Å²) in [7, 11) is 1.57. The maximum atomic E-state index is 14.1. The lowest BCUT2D eigenvalue weighted by Crippen LogP contribution is -2.54. The molecule has 208 valence electrons. The van der Waals surface area contributed by atoms with Crippen molar-refractivity contribution < 1.29 is 29.0 Å². The molecule has 5 rings (SSSR count). The zero-order valence-corrected chi connectivity index (χ0v) is 23.4. The van der Waals surface area contributed by atoms with Gasteiger partial charge in [-0.1, -0.05) is 0 Å². The minimum atomic E-state index is -0.825. The van der Waals surface area contributed by atoms with E-state index < -0.39 is 33.4 Å². The third kappa shape index (κ3) is 4.53. The van der Waals surface area contributed by atoms with Crippen LogP contribution in [0.5, 0.6) is 11.5 Å². The summed E-state index contributed by atoms with van der Waals surface area (Å²) >= 11 is 1.59. The van der Waals surface area contributed by atoms with Crippen molar-refractivity contribution in [2.24, 2.45) is 11.8 Å². The molecule has 2 aromatic rings. The topological polar surface area (TPSA) is 117 Å². The minimum absolute atomic E-state index is 0.234. The molecule has 3 amide bonds. The minimum Gasteiger partial charge on any atom is -0.497 e. The quantitative estimate of drug-likeness (QED) is 0.435. The van der Waals surface area contributed by atoms with Gasteiger partial charge < -0.3 is 30.1 Å². The molecule has 3 fully saturated rings. The number of rotatable bonds is 9. The predicted molar refractivity (Wildman–Crippen MR) is 150 cm³/mol. The van der Waals surface area contributed by atoms with Crippen molar-refractivity contribution >= 4 is 40.9 Å². The highest BCUT2D eigenvalue weighted by molar-refractivity contribution is 8.02. The van der Waals surface area contributed by atoms with E-state index in [9.17, 15) is 19.5 Å².